The van der Waals surface area contributed by atoms with Crippen molar-refractivity contribution in [3.8, 4) is 23.0 Å². The number of rotatable bonds is 13. The van der Waals surface area contributed by atoms with Gasteiger partial charge in [0.15, 0.2) is 11.5 Å². The fraction of sp³-hybridized carbons (Fsp3) is 0.303. The summed E-state index contributed by atoms with van der Waals surface area (Å²) in [4.78, 5) is 30.3. The highest BCUT2D eigenvalue weighted by molar-refractivity contribution is 6.16. The normalized spacial score (nSPS) is 13.3. The summed E-state index contributed by atoms with van der Waals surface area (Å²) in [5.74, 6) is 1.23. The standard InChI is InChI=1S/C33H34FN3O5/c1-3-4-5-6-19-41-30-20-26-27(21-29(30)40-2)35-18-15-28(26)42-25-13-11-24(12-14-25)37-32(39)33(16-17-33)31(38)36-23-9-7-22(34)8-10-23/h7-15,18,20-21H,3-6,16-17,19H2,1-2H3,(H,36,38)(H,37,39). The Morgan fingerprint density at radius 2 is 1.52 bits per heavy atom. The van der Waals surface area contributed by atoms with Gasteiger partial charge in [-0.2, -0.15) is 0 Å². The van der Waals surface area contributed by atoms with E-state index in [9.17, 15) is 14.0 Å². The molecule has 42 heavy (non-hydrogen) atoms. The smallest absolute Gasteiger partial charge is 0.240 e. The van der Waals surface area contributed by atoms with Crippen molar-refractivity contribution in [1.29, 1.82) is 0 Å². The van der Waals surface area contributed by atoms with Crippen molar-refractivity contribution in [3.63, 3.8) is 0 Å². The summed E-state index contributed by atoms with van der Waals surface area (Å²) in [7, 11) is 1.61. The van der Waals surface area contributed by atoms with Gasteiger partial charge in [-0.15, -0.1) is 0 Å². The number of hydrogen-bond acceptors (Lipinski definition) is 6. The molecule has 0 saturated heterocycles. The molecule has 1 aliphatic rings. The lowest BCUT2D eigenvalue weighted by Crippen LogP contribution is -2.35. The van der Waals surface area contributed by atoms with Gasteiger partial charge in [-0.25, -0.2) is 4.39 Å². The monoisotopic (exact) mass is 571 g/mol. The first-order valence-electron chi connectivity index (χ1n) is 14.2. The molecule has 9 heteroatoms. The number of ether oxygens (including phenoxy) is 3. The van der Waals surface area contributed by atoms with E-state index in [0.717, 1.165) is 24.6 Å². The summed E-state index contributed by atoms with van der Waals surface area (Å²) in [6.45, 7) is 2.77. The molecular formula is C33H34FN3O5. The van der Waals surface area contributed by atoms with Crippen molar-refractivity contribution in [1.82, 2.24) is 4.98 Å². The van der Waals surface area contributed by atoms with Crippen LogP contribution in [0.15, 0.2) is 72.9 Å². The van der Waals surface area contributed by atoms with Gasteiger partial charge in [-0.3, -0.25) is 14.6 Å². The van der Waals surface area contributed by atoms with Gasteiger partial charge in [0.2, 0.25) is 11.8 Å². The minimum absolute atomic E-state index is 0.382. The first kappa shape index (κ1) is 28.9. The Morgan fingerprint density at radius 3 is 2.14 bits per heavy atom. The molecule has 1 saturated carbocycles. The molecule has 3 aromatic carbocycles. The number of halogens is 1. The molecule has 218 valence electrons. The van der Waals surface area contributed by atoms with E-state index in [2.05, 4.69) is 22.5 Å². The lowest BCUT2D eigenvalue weighted by Gasteiger charge is -2.16. The Balaban J connectivity index is 1.24. The molecule has 1 fully saturated rings. The maximum atomic E-state index is 13.2. The fourth-order valence-corrected chi connectivity index (χ4v) is 4.65. The molecular weight excluding hydrogens is 537 g/mol. The van der Waals surface area contributed by atoms with E-state index < -0.39 is 17.1 Å². The van der Waals surface area contributed by atoms with Crippen molar-refractivity contribution < 1.29 is 28.2 Å². The lowest BCUT2D eigenvalue weighted by molar-refractivity contribution is -0.131. The van der Waals surface area contributed by atoms with Crippen LogP contribution in [0.1, 0.15) is 45.4 Å². The second kappa shape index (κ2) is 12.9. The topological polar surface area (TPSA) is 98.8 Å². The predicted octanol–water partition coefficient (Wildman–Crippen LogP) is 7.49. The molecule has 0 bridgehead atoms. The maximum Gasteiger partial charge on any atom is 0.240 e. The number of anilines is 2. The number of methoxy groups -OCH3 is 1. The highest BCUT2D eigenvalue weighted by Crippen LogP contribution is 2.47. The minimum atomic E-state index is -1.14. The van der Waals surface area contributed by atoms with Gasteiger partial charge in [0.05, 0.1) is 19.2 Å². The number of hydrogen-bond donors (Lipinski definition) is 2. The summed E-state index contributed by atoms with van der Waals surface area (Å²) in [5, 5.41) is 6.33. The molecule has 0 aliphatic heterocycles. The zero-order chi connectivity index (χ0) is 29.5. The van der Waals surface area contributed by atoms with Crippen LogP contribution >= 0.6 is 0 Å². The molecule has 0 radical (unpaired) electrons. The van der Waals surface area contributed by atoms with E-state index in [4.69, 9.17) is 14.2 Å². The summed E-state index contributed by atoms with van der Waals surface area (Å²) in [5.41, 5.74) is 0.544. The van der Waals surface area contributed by atoms with Gasteiger partial charge in [0, 0.05) is 29.0 Å². The molecule has 0 atom stereocenters. The first-order valence-corrected chi connectivity index (χ1v) is 14.2. The van der Waals surface area contributed by atoms with E-state index in [1.165, 1.54) is 30.7 Å². The highest BCUT2D eigenvalue weighted by Gasteiger charge is 2.56. The maximum absolute atomic E-state index is 13.2. The van der Waals surface area contributed by atoms with E-state index in [1.54, 1.807) is 43.6 Å². The van der Waals surface area contributed by atoms with Gasteiger partial charge in [0.25, 0.3) is 0 Å². The molecule has 4 aromatic rings. The number of carbonyl (C=O) groups is 2. The molecule has 0 unspecified atom stereocenters. The number of amides is 2. The van der Waals surface area contributed by atoms with Crippen LogP contribution in [0.3, 0.4) is 0 Å². The van der Waals surface area contributed by atoms with E-state index in [-0.39, 0.29) is 5.91 Å². The fourth-order valence-electron chi connectivity index (χ4n) is 4.65. The van der Waals surface area contributed by atoms with Crippen molar-refractivity contribution in [2.75, 3.05) is 24.4 Å². The SMILES string of the molecule is CCCCCCOc1cc2c(Oc3ccc(NC(=O)C4(C(=O)Nc5ccc(F)cc5)CC4)cc3)ccnc2cc1OC. The average molecular weight is 572 g/mol. The van der Waals surface area contributed by atoms with Gasteiger partial charge in [-0.05, 0) is 79.9 Å². The number of nitrogens with one attached hydrogen (secondary N) is 2. The quantitative estimate of drug-likeness (QED) is 0.127. The number of nitrogens with zero attached hydrogens (tertiary/aromatic N) is 1. The predicted molar refractivity (Wildman–Crippen MR) is 160 cm³/mol. The molecule has 5 rings (SSSR count). The second-order valence-electron chi connectivity index (χ2n) is 10.4. The van der Waals surface area contributed by atoms with Gasteiger partial charge in [0.1, 0.15) is 22.7 Å². The number of aromatic nitrogens is 1. The van der Waals surface area contributed by atoms with Crippen molar-refractivity contribution in [2.24, 2.45) is 5.41 Å². The largest absolute Gasteiger partial charge is 0.493 e. The first-order chi connectivity index (χ1) is 20.4. The van der Waals surface area contributed by atoms with Crippen molar-refractivity contribution >= 4 is 34.1 Å². The number of benzene rings is 3. The number of pyridine rings is 1. The summed E-state index contributed by atoms with van der Waals surface area (Å²) >= 11 is 0. The zero-order valence-electron chi connectivity index (χ0n) is 23.7. The molecule has 2 N–H and O–H groups in total. The molecule has 2 amide bonds. The Morgan fingerprint density at radius 1 is 0.857 bits per heavy atom. The molecule has 1 heterocycles. The van der Waals surface area contributed by atoms with Gasteiger partial charge < -0.3 is 24.8 Å². The number of fused-ring (bicyclic) bond motifs is 1. The van der Waals surface area contributed by atoms with E-state index in [1.807, 2.05) is 12.1 Å². The van der Waals surface area contributed by atoms with Crippen LogP contribution in [0.25, 0.3) is 10.9 Å². The van der Waals surface area contributed by atoms with E-state index in [0.29, 0.717) is 59.3 Å². The van der Waals surface area contributed by atoms with Crippen molar-refractivity contribution in [3.05, 3.63) is 78.7 Å². The molecule has 1 aliphatic carbocycles. The number of unbranched alkanes of at least 4 members (excludes halogenated alkanes) is 3. The van der Waals surface area contributed by atoms with Crippen LogP contribution in [-0.4, -0.2) is 30.5 Å². The number of carbonyl (C=O) groups excluding carboxylic acids is 2. The summed E-state index contributed by atoms with van der Waals surface area (Å²) < 4.78 is 30.9. The Hall–Kier alpha value is -4.66. The Labute approximate surface area is 244 Å². The van der Waals surface area contributed by atoms with Crippen molar-refractivity contribution in [2.45, 2.75) is 45.4 Å². The van der Waals surface area contributed by atoms with Crippen LogP contribution in [0.5, 0.6) is 23.0 Å². The molecule has 1 aromatic heterocycles. The molecule has 0 spiro atoms. The Kier molecular flexibility index (Phi) is 8.85. The third kappa shape index (κ3) is 6.62. The third-order valence-electron chi connectivity index (χ3n) is 7.30. The third-order valence-corrected chi connectivity index (χ3v) is 7.30. The van der Waals surface area contributed by atoms with Crippen LogP contribution < -0.4 is 24.8 Å². The van der Waals surface area contributed by atoms with Crippen LogP contribution in [0, 0.1) is 11.2 Å². The van der Waals surface area contributed by atoms with Gasteiger partial charge >= 0.3 is 0 Å². The van der Waals surface area contributed by atoms with Crippen LogP contribution in [0.4, 0.5) is 15.8 Å². The highest BCUT2D eigenvalue weighted by atomic mass is 19.1. The minimum Gasteiger partial charge on any atom is -0.493 e. The van der Waals surface area contributed by atoms with Crippen LogP contribution in [0.2, 0.25) is 0 Å². The Bertz CT molecular complexity index is 1550. The summed E-state index contributed by atoms with van der Waals surface area (Å²) in [6, 6.07) is 17.9. The average Bonchev–Trinajstić information content (AvgIpc) is 3.82. The van der Waals surface area contributed by atoms with Crippen LogP contribution in [-0.2, 0) is 9.59 Å². The van der Waals surface area contributed by atoms with Gasteiger partial charge in [-0.1, -0.05) is 26.2 Å². The molecule has 8 nitrogen and oxygen atoms in total. The van der Waals surface area contributed by atoms with E-state index >= 15 is 0 Å². The second-order valence-corrected chi connectivity index (χ2v) is 10.4. The lowest BCUT2D eigenvalue weighted by atomic mass is 10.0. The zero-order valence-corrected chi connectivity index (χ0v) is 23.7. The summed E-state index contributed by atoms with van der Waals surface area (Å²) in [6.07, 6.45) is 6.97.